The second-order valence-corrected chi connectivity index (χ2v) is 9.12. The van der Waals surface area contributed by atoms with Crippen LogP contribution in [0.4, 0.5) is 5.69 Å². The van der Waals surface area contributed by atoms with Crippen molar-refractivity contribution in [2.45, 2.75) is 44.4 Å². The molecule has 0 radical (unpaired) electrons. The fraction of sp³-hybridized carbons (Fsp3) is 0.400. The zero-order valence-corrected chi connectivity index (χ0v) is 16.4. The van der Waals surface area contributed by atoms with Gasteiger partial charge < -0.3 is 20.5 Å². The number of hydrogen-bond acceptors (Lipinski definition) is 5. The van der Waals surface area contributed by atoms with Gasteiger partial charge in [0.1, 0.15) is 4.88 Å². The van der Waals surface area contributed by atoms with Crippen LogP contribution in [0.25, 0.3) is 0 Å². The average molecular weight is 386 g/mol. The van der Waals surface area contributed by atoms with Gasteiger partial charge in [0, 0.05) is 4.88 Å². The van der Waals surface area contributed by atoms with Gasteiger partial charge in [-0.05, 0) is 42.0 Å². The Kier molecular flexibility index (Phi) is 3.96. The molecule has 2 heterocycles. The van der Waals surface area contributed by atoms with Gasteiger partial charge in [-0.1, -0.05) is 26.8 Å². The number of anilines is 1. The van der Waals surface area contributed by atoms with Gasteiger partial charge in [-0.25, -0.2) is 0 Å². The van der Waals surface area contributed by atoms with Gasteiger partial charge in [0.05, 0.1) is 11.1 Å². The first-order valence-corrected chi connectivity index (χ1v) is 9.68. The van der Waals surface area contributed by atoms with Gasteiger partial charge in [-0.3, -0.25) is 9.59 Å². The van der Waals surface area contributed by atoms with Crippen LogP contribution >= 0.6 is 11.3 Å². The summed E-state index contributed by atoms with van der Waals surface area (Å²) in [6.45, 7) is 6.38. The summed E-state index contributed by atoms with van der Waals surface area (Å²) in [6.07, 6.45) is 1.50. The van der Waals surface area contributed by atoms with Gasteiger partial charge in [0.2, 0.25) is 12.7 Å². The van der Waals surface area contributed by atoms with Crippen LogP contribution in [-0.2, 0) is 15.6 Å². The highest BCUT2D eigenvalue weighted by atomic mass is 32.1. The Hall–Kier alpha value is -2.54. The number of carbonyl (C=O) groups is 2. The monoisotopic (exact) mass is 386 g/mol. The Bertz CT molecular complexity index is 938. The molecular formula is C20H22N2O4S. The van der Waals surface area contributed by atoms with Crippen molar-refractivity contribution in [2.75, 3.05) is 12.1 Å². The topological polar surface area (TPSA) is 90.7 Å². The summed E-state index contributed by atoms with van der Waals surface area (Å²) >= 11 is 1.33. The van der Waals surface area contributed by atoms with E-state index in [1.807, 2.05) is 24.3 Å². The zero-order chi connectivity index (χ0) is 19.4. The van der Waals surface area contributed by atoms with Crippen LogP contribution in [0.1, 0.15) is 53.7 Å². The smallest absolute Gasteiger partial charge is 0.260 e. The number of ether oxygens (including phenoxy) is 2. The van der Waals surface area contributed by atoms with Gasteiger partial charge in [0.25, 0.3) is 5.91 Å². The number of fused-ring (bicyclic) bond motifs is 1. The zero-order valence-electron chi connectivity index (χ0n) is 15.5. The fourth-order valence-corrected chi connectivity index (χ4v) is 4.27. The quantitative estimate of drug-likeness (QED) is 0.841. The normalized spacial score (nSPS) is 16.9. The number of primary amides is 1. The van der Waals surface area contributed by atoms with Crippen molar-refractivity contribution in [1.29, 1.82) is 0 Å². The largest absolute Gasteiger partial charge is 0.454 e. The number of thiophene rings is 1. The number of nitrogens with one attached hydrogen (secondary N) is 1. The summed E-state index contributed by atoms with van der Waals surface area (Å²) in [5.74, 6) is 0.703. The van der Waals surface area contributed by atoms with E-state index in [1.165, 1.54) is 11.3 Å². The first kappa shape index (κ1) is 17.9. The van der Waals surface area contributed by atoms with E-state index in [4.69, 9.17) is 15.2 Å². The molecule has 1 aliphatic heterocycles. The third-order valence-electron chi connectivity index (χ3n) is 5.05. The molecule has 1 aliphatic carbocycles. The summed E-state index contributed by atoms with van der Waals surface area (Å²) in [7, 11) is 0. The molecule has 2 amide bonds. The predicted molar refractivity (Wildman–Crippen MR) is 104 cm³/mol. The molecule has 27 heavy (non-hydrogen) atoms. The first-order chi connectivity index (χ1) is 12.7. The number of benzene rings is 1. The number of nitrogens with two attached hydrogens (primary N) is 1. The highest BCUT2D eigenvalue weighted by Gasteiger charge is 2.52. The standard InChI is InChI=1S/C20H22N2O4S/c1-19(2,3)15-9-12(16(27-15)17(21)23)22-18(24)20(6-7-20)11-4-5-13-14(8-11)26-10-25-13/h4-5,8-9H,6-7,10H2,1-3H3,(H2,21,23)(H,22,24). The van der Waals surface area contributed by atoms with E-state index in [0.717, 1.165) is 23.3 Å². The Labute approximate surface area is 161 Å². The van der Waals surface area contributed by atoms with E-state index in [9.17, 15) is 9.59 Å². The van der Waals surface area contributed by atoms with E-state index in [0.29, 0.717) is 22.1 Å². The van der Waals surface area contributed by atoms with Gasteiger partial charge in [-0.15, -0.1) is 11.3 Å². The predicted octanol–water partition coefficient (Wildman–Crippen LogP) is 3.54. The van der Waals surface area contributed by atoms with Crippen molar-refractivity contribution in [3.05, 3.63) is 39.6 Å². The van der Waals surface area contributed by atoms with Crippen molar-refractivity contribution in [1.82, 2.24) is 0 Å². The van der Waals surface area contributed by atoms with Crippen LogP contribution < -0.4 is 20.5 Å². The molecule has 3 N–H and O–H groups in total. The Morgan fingerprint density at radius 2 is 1.85 bits per heavy atom. The molecular weight excluding hydrogens is 364 g/mol. The minimum Gasteiger partial charge on any atom is -0.454 e. The molecule has 1 aromatic carbocycles. The van der Waals surface area contributed by atoms with Crippen LogP contribution in [0.3, 0.4) is 0 Å². The van der Waals surface area contributed by atoms with Crippen molar-refractivity contribution in [2.24, 2.45) is 5.73 Å². The average Bonchev–Trinajstić information content (AvgIpc) is 3.08. The summed E-state index contributed by atoms with van der Waals surface area (Å²) in [4.78, 5) is 26.3. The fourth-order valence-electron chi connectivity index (χ4n) is 3.24. The molecule has 1 saturated carbocycles. The molecule has 1 fully saturated rings. The van der Waals surface area contributed by atoms with Crippen LogP contribution in [0.2, 0.25) is 0 Å². The van der Waals surface area contributed by atoms with Crippen molar-refractivity contribution in [3.8, 4) is 11.5 Å². The molecule has 4 rings (SSSR count). The van der Waals surface area contributed by atoms with E-state index in [1.54, 1.807) is 0 Å². The number of carbonyl (C=O) groups excluding carboxylic acids is 2. The summed E-state index contributed by atoms with van der Waals surface area (Å²) in [6, 6.07) is 7.47. The van der Waals surface area contributed by atoms with E-state index in [2.05, 4.69) is 26.1 Å². The van der Waals surface area contributed by atoms with Crippen molar-refractivity contribution >= 4 is 28.8 Å². The lowest BCUT2D eigenvalue weighted by Gasteiger charge is -2.17. The molecule has 7 heteroatoms. The first-order valence-electron chi connectivity index (χ1n) is 8.86. The third kappa shape index (κ3) is 3.06. The van der Waals surface area contributed by atoms with Crippen molar-refractivity contribution < 1.29 is 19.1 Å². The third-order valence-corrected chi connectivity index (χ3v) is 6.63. The van der Waals surface area contributed by atoms with E-state index < -0.39 is 11.3 Å². The maximum Gasteiger partial charge on any atom is 0.260 e. The molecule has 2 aromatic rings. The second-order valence-electron chi connectivity index (χ2n) is 8.07. The lowest BCUT2D eigenvalue weighted by Crippen LogP contribution is -2.28. The van der Waals surface area contributed by atoms with E-state index in [-0.39, 0.29) is 18.1 Å². The summed E-state index contributed by atoms with van der Waals surface area (Å²) in [5, 5.41) is 2.95. The second kappa shape index (κ2) is 5.99. The van der Waals surface area contributed by atoms with Gasteiger partial charge >= 0.3 is 0 Å². The number of amides is 2. The Morgan fingerprint density at radius 1 is 1.15 bits per heavy atom. The highest BCUT2D eigenvalue weighted by Crippen LogP contribution is 2.51. The van der Waals surface area contributed by atoms with Gasteiger partial charge in [0.15, 0.2) is 11.5 Å². The molecule has 2 aliphatic rings. The Balaban J connectivity index is 1.63. The molecule has 0 atom stereocenters. The summed E-state index contributed by atoms with van der Waals surface area (Å²) < 4.78 is 10.8. The minimum absolute atomic E-state index is 0.123. The SMILES string of the molecule is CC(C)(C)c1cc(NC(=O)C2(c3ccc4c(c3)OCO4)CC2)c(C(N)=O)s1. The molecule has 6 nitrogen and oxygen atoms in total. The van der Waals surface area contributed by atoms with Crippen molar-refractivity contribution in [3.63, 3.8) is 0 Å². The van der Waals surface area contributed by atoms with E-state index >= 15 is 0 Å². The lowest BCUT2D eigenvalue weighted by atomic mass is 9.93. The maximum absolute atomic E-state index is 13.1. The number of rotatable bonds is 4. The maximum atomic E-state index is 13.1. The molecule has 142 valence electrons. The van der Waals surface area contributed by atoms with Crippen LogP contribution in [-0.4, -0.2) is 18.6 Å². The molecule has 0 unspecified atom stereocenters. The summed E-state index contributed by atoms with van der Waals surface area (Å²) in [5.41, 5.74) is 6.20. The van der Waals surface area contributed by atoms with Gasteiger partial charge in [-0.2, -0.15) is 0 Å². The van der Waals surface area contributed by atoms with Crippen LogP contribution in [0.15, 0.2) is 24.3 Å². The minimum atomic E-state index is -0.597. The molecule has 0 saturated heterocycles. The van der Waals surface area contributed by atoms with Crippen LogP contribution in [0, 0.1) is 0 Å². The van der Waals surface area contributed by atoms with Crippen LogP contribution in [0.5, 0.6) is 11.5 Å². The highest BCUT2D eigenvalue weighted by molar-refractivity contribution is 7.14. The lowest BCUT2D eigenvalue weighted by molar-refractivity contribution is -0.118. The Morgan fingerprint density at radius 3 is 2.48 bits per heavy atom. The molecule has 0 bridgehead atoms. The number of hydrogen-bond donors (Lipinski definition) is 2. The molecule has 0 spiro atoms. The molecule has 1 aromatic heterocycles.